The van der Waals surface area contributed by atoms with Crippen LogP contribution in [0.15, 0.2) is 34.3 Å². The van der Waals surface area contributed by atoms with E-state index in [1.54, 1.807) is 0 Å². The zero-order valence-electron chi connectivity index (χ0n) is 13.5. The standard InChI is InChI=1S/C19H26OS/c1-12-9-10-15-18(20)14-8-6-5-7-13(14)11-16(21-4)17(12)19(15,2)3/h11,15,17H,1,5-10H2,2-4H3/b16-11+. The third kappa shape index (κ3) is 2.36. The van der Waals surface area contributed by atoms with Gasteiger partial charge in [0.05, 0.1) is 0 Å². The summed E-state index contributed by atoms with van der Waals surface area (Å²) in [6.45, 7) is 8.91. The van der Waals surface area contributed by atoms with Gasteiger partial charge in [0.15, 0.2) is 5.78 Å². The zero-order valence-corrected chi connectivity index (χ0v) is 14.3. The minimum absolute atomic E-state index is 0.00274. The predicted octanol–water partition coefficient (Wildman–Crippen LogP) is 5.30. The molecule has 0 heterocycles. The van der Waals surface area contributed by atoms with E-state index in [-0.39, 0.29) is 11.3 Å². The van der Waals surface area contributed by atoms with Crippen LogP contribution in [0.2, 0.25) is 0 Å². The number of hydrogen-bond acceptors (Lipinski definition) is 2. The Morgan fingerprint density at radius 1 is 1.24 bits per heavy atom. The summed E-state index contributed by atoms with van der Waals surface area (Å²) in [5, 5.41) is 0. The molecule has 1 nitrogen and oxygen atoms in total. The summed E-state index contributed by atoms with van der Waals surface area (Å²) >= 11 is 1.85. The van der Waals surface area contributed by atoms with Crippen LogP contribution in [0.3, 0.4) is 0 Å². The minimum Gasteiger partial charge on any atom is -0.294 e. The van der Waals surface area contributed by atoms with Crippen molar-refractivity contribution in [3.05, 3.63) is 34.3 Å². The minimum atomic E-state index is -0.00274. The topological polar surface area (TPSA) is 17.1 Å². The van der Waals surface area contributed by atoms with Gasteiger partial charge in [0.1, 0.15) is 0 Å². The van der Waals surface area contributed by atoms with Crippen LogP contribution in [-0.4, -0.2) is 12.0 Å². The van der Waals surface area contributed by atoms with Gasteiger partial charge < -0.3 is 0 Å². The average Bonchev–Trinajstić information content (AvgIpc) is 2.44. The van der Waals surface area contributed by atoms with Crippen molar-refractivity contribution in [3.63, 3.8) is 0 Å². The molecule has 0 aliphatic heterocycles. The van der Waals surface area contributed by atoms with Gasteiger partial charge in [-0.2, -0.15) is 0 Å². The van der Waals surface area contributed by atoms with Crippen molar-refractivity contribution in [1.82, 2.24) is 0 Å². The van der Waals surface area contributed by atoms with Crippen molar-refractivity contribution in [2.24, 2.45) is 17.3 Å². The number of allylic oxidation sites excluding steroid dienone is 5. The van der Waals surface area contributed by atoms with Gasteiger partial charge in [-0.1, -0.05) is 26.0 Å². The van der Waals surface area contributed by atoms with Gasteiger partial charge in [-0.3, -0.25) is 4.79 Å². The van der Waals surface area contributed by atoms with E-state index in [1.807, 2.05) is 11.8 Å². The number of hydrogen-bond donors (Lipinski definition) is 0. The zero-order chi connectivity index (χ0) is 15.2. The molecule has 0 aromatic heterocycles. The molecule has 0 radical (unpaired) electrons. The van der Waals surface area contributed by atoms with Gasteiger partial charge >= 0.3 is 0 Å². The number of fused-ring (bicyclic) bond motifs is 2. The molecule has 0 amide bonds. The summed E-state index contributed by atoms with van der Waals surface area (Å²) in [5.74, 6) is 0.974. The lowest BCUT2D eigenvalue weighted by molar-refractivity contribution is -0.124. The Balaban J connectivity index is 2.19. The van der Waals surface area contributed by atoms with Gasteiger partial charge in [-0.25, -0.2) is 0 Å². The number of rotatable bonds is 1. The molecule has 2 heteroatoms. The van der Waals surface area contributed by atoms with E-state index in [0.29, 0.717) is 11.7 Å². The quantitative estimate of drug-likeness (QED) is 0.612. The van der Waals surface area contributed by atoms with Crippen molar-refractivity contribution in [1.29, 1.82) is 0 Å². The Morgan fingerprint density at radius 2 is 1.95 bits per heavy atom. The van der Waals surface area contributed by atoms with E-state index in [9.17, 15) is 4.79 Å². The molecule has 0 N–H and O–H groups in total. The molecule has 3 aliphatic carbocycles. The monoisotopic (exact) mass is 302 g/mol. The Kier molecular flexibility index (Phi) is 3.94. The first-order valence-corrected chi connectivity index (χ1v) is 9.38. The predicted molar refractivity (Wildman–Crippen MR) is 91.2 cm³/mol. The van der Waals surface area contributed by atoms with Crippen molar-refractivity contribution in [2.45, 2.75) is 52.4 Å². The van der Waals surface area contributed by atoms with E-state index >= 15 is 0 Å². The van der Waals surface area contributed by atoms with Crippen molar-refractivity contribution < 1.29 is 4.79 Å². The highest BCUT2D eigenvalue weighted by molar-refractivity contribution is 8.02. The molecule has 0 spiro atoms. The smallest absolute Gasteiger partial charge is 0.162 e. The van der Waals surface area contributed by atoms with Crippen LogP contribution in [0.25, 0.3) is 0 Å². The Labute approximate surface area is 133 Å². The molecule has 114 valence electrons. The third-order valence-corrected chi connectivity index (χ3v) is 6.59. The van der Waals surface area contributed by atoms with E-state index in [4.69, 9.17) is 0 Å². The lowest BCUT2D eigenvalue weighted by Crippen LogP contribution is -2.43. The summed E-state index contributed by atoms with van der Waals surface area (Å²) in [4.78, 5) is 14.6. The maximum absolute atomic E-state index is 13.1. The number of carbonyl (C=O) groups is 1. The number of ketones is 1. The summed E-state index contributed by atoms with van der Waals surface area (Å²) in [6, 6.07) is 0. The lowest BCUT2D eigenvalue weighted by atomic mass is 9.57. The molecular formula is C19H26OS. The SMILES string of the molecule is C=C1CCC2C(=O)C3=C(/C=C(/SC)C1C2(C)C)CCCC3. The molecule has 0 saturated heterocycles. The van der Waals surface area contributed by atoms with Gasteiger partial charge in [-0.15, -0.1) is 11.8 Å². The van der Waals surface area contributed by atoms with Crippen LogP contribution < -0.4 is 0 Å². The molecule has 1 fully saturated rings. The van der Waals surface area contributed by atoms with Gasteiger partial charge in [-0.05, 0) is 72.3 Å². The summed E-state index contributed by atoms with van der Waals surface area (Å²) < 4.78 is 0. The highest BCUT2D eigenvalue weighted by Gasteiger charge is 2.48. The normalized spacial score (nSPS) is 34.7. The maximum Gasteiger partial charge on any atom is 0.162 e. The van der Waals surface area contributed by atoms with Crippen LogP contribution in [-0.2, 0) is 4.79 Å². The van der Waals surface area contributed by atoms with E-state index in [2.05, 4.69) is 32.8 Å². The van der Waals surface area contributed by atoms with E-state index < -0.39 is 0 Å². The van der Waals surface area contributed by atoms with Gasteiger partial charge in [0.2, 0.25) is 0 Å². The first-order valence-electron chi connectivity index (χ1n) is 8.16. The molecular weight excluding hydrogens is 276 g/mol. The number of carbonyl (C=O) groups excluding carboxylic acids is 1. The van der Waals surface area contributed by atoms with E-state index in [0.717, 1.165) is 31.3 Å². The fraction of sp³-hybridized carbons (Fsp3) is 0.632. The molecule has 0 aromatic rings. The van der Waals surface area contributed by atoms with Crippen LogP contribution in [0.4, 0.5) is 0 Å². The maximum atomic E-state index is 13.1. The summed E-state index contributed by atoms with van der Waals surface area (Å²) in [7, 11) is 0. The number of thioether (sulfide) groups is 1. The molecule has 2 atom stereocenters. The molecule has 3 rings (SSSR count). The first-order chi connectivity index (χ1) is 9.96. The average molecular weight is 302 g/mol. The second-order valence-electron chi connectivity index (χ2n) is 7.33. The Hall–Kier alpha value is -0.760. The van der Waals surface area contributed by atoms with Crippen LogP contribution in [0.5, 0.6) is 0 Å². The van der Waals surface area contributed by atoms with Crippen LogP contribution in [0.1, 0.15) is 52.4 Å². The Morgan fingerprint density at radius 3 is 2.67 bits per heavy atom. The lowest BCUT2D eigenvalue weighted by Gasteiger charge is -2.48. The van der Waals surface area contributed by atoms with Crippen molar-refractivity contribution in [2.75, 3.05) is 6.26 Å². The van der Waals surface area contributed by atoms with Crippen molar-refractivity contribution >= 4 is 17.5 Å². The highest BCUT2D eigenvalue weighted by atomic mass is 32.2. The van der Waals surface area contributed by atoms with E-state index in [1.165, 1.54) is 28.9 Å². The molecule has 3 aliphatic rings. The summed E-state index contributed by atoms with van der Waals surface area (Å²) in [5.41, 5.74) is 3.80. The van der Waals surface area contributed by atoms with Crippen LogP contribution in [0, 0.1) is 17.3 Å². The molecule has 21 heavy (non-hydrogen) atoms. The molecule has 2 unspecified atom stereocenters. The second kappa shape index (κ2) is 5.46. The van der Waals surface area contributed by atoms with Crippen LogP contribution >= 0.6 is 11.8 Å². The Bertz CT molecular complexity index is 550. The largest absolute Gasteiger partial charge is 0.294 e. The fourth-order valence-corrected chi connectivity index (χ4v) is 5.59. The number of Topliss-reactive ketones (excluding diaryl/α,β-unsaturated/α-hetero) is 1. The second-order valence-corrected chi connectivity index (χ2v) is 8.21. The third-order valence-electron chi connectivity index (χ3n) is 5.77. The molecule has 0 aromatic carbocycles. The molecule has 2 bridgehead atoms. The van der Waals surface area contributed by atoms with Gasteiger partial charge in [0, 0.05) is 11.8 Å². The van der Waals surface area contributed by atoms with Crippen molar-refractivity contribution in [3.8, 4) is 0 Å². The van der Waals surface area contributed by atoms with Gasteiger partial charge in [0.25, 0.3) is 0 Å². The highest BCUT2D eigenvalue weighted by Crippen LogP contribution is 2.55. The summed E-state index contributed by atoms with van der Waals surface area (Å²) in [6.07, 6.45) is 11.0. The first kappa shape index (κ1) is 15.1. The molecule has 1 saturated carbocycles. The fourth-order valence-electron chi connectivity index (χ4n) is 4.62.